The molecule has 2 N–H and O–H groups in total. The van der Waals surface area contributed by atoms with Crippen LogP contribution in [0.2, 0.25) is 0 Å². The topological polar surface area (TPSA) is 49.3 Å². The third-order valence-corrected chi connectivity index (χ3v) is 4.11. The molecule has 0 spiro atoms. The molecule has 1 aliphatic rings. The van der Waals surface area contributed by atoms with Crippen LogP contribution in [0.5, 0.6) is 0 Å². The summed E-state index contributed by atoms with van der Waals surface area (Å²) >= 11 is 0. The standard InChI is InChI=1S/C16H21F2NO2/c17-13-7-5-11(9-14(13)18)6-8-16(21)19-15-4-2-1-3-12(15)10-20/h5,7,9,12,15,20H,1-4,6,8,10H2,(H,19,21). The van der Waals surface area contributed by atoms with Crippen molar-refractivity contribution in [2.24, 2.45) is 5.92 Å². The van der Waals surface area contributed by atoms with Gasteiger partial charge < -0.3 is 10.4 Å². The van der Waals surface area contributed by atoms with Crippen molar-refractivity contribution >= 4 is 5.91 Å². The molecule has 0 aromatic heterocycles. The van der Waals surface area contributed by atoms with E-state index in [-0.39, 0.29) is 30.9 Å². The van der Waals surface area contributed by atoms with Crippen LogP contribution in [0.4, 0.5) is 8.78 Å². The van der Waals surface area contributed by atoms with Crippen LogP contribution in [0.25, 0.3) is 0 Å². The van der Waals surface area contributed by atoms with E-state index in [1.54, 1.807) is 0 Å². The van der Waals surface area contributed by atoms with E-state index in [1.807, 2.05) is 0 Å². The molecule has 2 atom stereocenters. The zero-order valence-corrected chi connectivity index (χ0v) is 11.9. The highest BCUT2D eigenvalue weighted by atomic mass is 19.2. The molecule has 2 unspecified atom stereocenters. The number of benzene rings is 1. The Labute approximate surface area is 123 Å². The SMILES string of the molecule is O=C(CCc1ccc(F)c(F)c1)NC1CCCCC1CO. The van der Waals surface area contributed by atoms with Gasteiger partial charge in [-0.15, -0.1) is 0 Å². The smallest absolute Gasteiger partial charge is 0.220 e. The fourth-order valence-electron chi connectivity index (χ4n) is 2.85. The lowest BCUT2D eigenvalue weighted by atomic mass is 9.85. The Morgan fingerprint density at radius 3 is 2.71 bits per heavy atom. The number of amides is 1. The molecule has 0 bridgehead atoms. The van der Waals surface area contributed by atoms with Gasteiger partial charge in [-0.1, -0.05) is 18.9 Å². The van der Waals surface area contributed by atoms with Crippen LogP contribution in [-0.4, -0.2) is 23.7 Å². The zero-order chi connectivity index (χ0) is 15.2. The van der Waals surface area contributed by atoms with Gasteiger partial charge in [-0.25, -0.2) is 8.78 Å². The first-order valence-corrected chi connectivity index (χ1v) is 7.44. The highest BCUT2D eigenvalue weighted by molar-refractivity contribution is 5.76. The van der Waals surface area contributed by atoms with Crippen molar-refractivity contribution < 1.29 is 18.7 Å². The lowest BCUT2D eigenvalue weighted by Crippen LogP contribution is -2.43. The number of halogens is 2. The van der Waals surface area contributed by atoms with Crippen molar-refractivity contribution in [1.29, 1.82) is 0 Å². The molecule has 0 saturated heterocycles. The number of carbonyl (C=O) groups excluding carboxylic acids is 1. The van der Waals surface area contributed by atoms with E-state index in [9.17, 15) is 18.7 Å². The third-order valence-electron chi connectivity index (χ3n) is 4.11. The maximum absolute atomic E-state index is 13.1. The Balaban J connectivity index is 1.82. The first-order chi connectivity index (χ1) is 10.1. The summed E-state index contributed by atoms with van der Waals surface area (Å²) in [6.45, 7) is 0.0914. The lowest BCUT2D eigenvalue weighted by Gasteiger charge is -2.30. The number of rotatable bonds is 5. The Bertz CT molecular complexity index is 493. The van der Waals surface area contributed by atoms with Gasteiger partial charge in [0.25, 0.3) is 0 Å². The second kappa shape index (κ2) is 7.50. The number of carbonyl (C=O) groups is 1. The zero-order valence-electron chi connectivity index (χ0n) is 11.9. The summed E-state index contributed by atoms with van der Waals surface area (Å²) in [5.41, 5.74) is 0.603. The van der Waals surface area contributed by atoms with E-state index < -0.39 is 11.6 Å². The van der Waals surface area contributed by atoms with E-state index in [1.165, 1.54) is 6.07 Å². The van der Waals surface area contributed by atoms with Gasteiger partial charge in [0.15, 0.2) is 11.6 Å². The average Bonchev–Trinajstić information content (AvgIpc) is 2.49. The summed E-state index contributed by atoms with van der Waals surface area (Å²) in [6.07, 6.45) is 4.59. The quantitative estimate of drug-likeness (QED) is 0.877. The molecule has 0 radical (unpaired) electrons. The van der Waals surface area contributed by atoms with Crippen molar-refractivity contribution in [1.82, 2.24) is 5.32 Å². The minimum absolute atomic E-state index is 0.0289. The highest BCUT2D eigenvalue weighted by Crippen LogP contribution is 2.24. The Kier molecular flexibility index (Phi) is 5.67. The summed E-state index contributed by atoms with van der Waals surface area (Å²) in [5.74, 6) is -1.74. The van der Waals surface area contributed by atoms with Gasteiger partial charge in [0.05, 0.1) is 0 Å². The number of hydrogen-bond donors (Lipinski definition) is 2. The van der Waals surface area contributed by atoms with Crippen LogP contribution in [0.1, 0.15) is 37.7 Å². The van der Waals surface area contributed by atoms with E-state index in [0.717, 1.165) is 37.8 Å². The molecule has 5 heteroatoms. The lowest BCUT2D eigenvalue weighted by molar-refractivity contribution is -0.122. The van der Waals surface area contributed by atoms with E-state index in [4.69, 9.17) is 0 Å². The normalized spacial score (nSPS) is 22.0. The molecule has 0 heterocycles. The van der Waals surface area contributed by atoms with E-state index >= 15 is 0 Å². The Hall–Kier alpha value is -1.49. The molecule has 1 aromatic rings. The van der Waals surface area contributed by atoms with E-state index in [2.05, 4.69) is 5.32 Å². The molecule has 0 aliphatic heterocycles. The number of aliphatic hydroxyl groups is 1. The molecule has 1 aromatic carbocycles. The van der Waals surface area contributed by atoms with Gasteiger partial charge in [-0.3, -0.25) is 4.79 Å². The van der Waals surface area contributed by atoms with Gasteiger partial charge in [-0.05, 0) is 37.0 Å². The first-order valence-electron chi connectivity index (χ1n) is 7.44. The maximum Gasteiger partial charge on any atom is 0.220 e. The summed E-state index contributed by atoms with van der Waals surface area (Å²) in [7, 11) is 0. The van der Waals surface area contributed by atoms with Gasteiger partial charge in [0.1, 0.15) is 0 Å². The molecular weight excluding hydrogens is 276 g/mol. The number of aryl methyl sites for hydroxylation is 1. The molecule has 1 fully saturated rings. The minimum Gasteiger partial charge on any atom is -0.396 e. The molecule has 1 amide bonds. The van der Waals surface area contributed by atoms with Crippen molar-refractivity contribution in [3.63, 3.8) is 0 Å². The largest absolute Gasteiger partial charge is 0.396 e. The molecular formula is C16H21F2NO2. The predicted molar refractivity (Wildman–Crippen MR) is 75.7 cm³/mol. The van der Waals surface area contributed by atoms with Crippen molar-refractivity contribution in [2.75, 3.05) is 6.61 Å². The fourth-order valence-corrected chi connectivity index (χ4v) is 2.85. The molecule has 2 rings (SSSR count). The molecule has 116 valence electrons. The van der Waals surface area contributed by atoms with Crippen LogP contribution in [0.3, 0.4) is 0 Å². The van der Waals surface area contributed by atoms with Gasteiger partial charge in [-0.2, -0.15) is 0 Å². The predicted octanol–water partition coefficient (Wildman–Crippen LogP) is 2.56. The van der Waals surface area contributed by atoms with Crippen molar-refractivity contribution in [2.45, 2.75) is 44.6 Å². The van der Waals surface area contributed by atoms with Crippen LogP contribution in [0.15, 0.2) is 18.2 Å². The Morgan fingerprint density at radius 2 is 2.00 bits per heavy atom. The Morgan fingerprint density at radius 1 is 1.24 bits per heavy atom. The molecule has 1 aliphatic carbocycles. The average molecular weight is 297 g/mol. The molecule has 3 nitrogen and oxygen atoms in total. The second-order valence-electron chi connectivity index (χ2n) is 5.65. The highest BCUT2D eigenvalue weighted by Gasteiger charge is 2.25. The number of hydrogen-bond acceptors (Lipinski definition) is 2. The van der Waals surface area contributed by atoms with Crippen molar-refractivity contribution in [3.8, 4) is 0 Å². The number of aliphatic hydroxyl groups excluding tert-OH is 1. The first kappa shape index (κ1) is 15.9. The van der Waals surface area contributed by atoms with Gasteiger partial charge in [0, 0.05) is 25.0 Å². The molecule has 21 heavy (non-hydrogen) atoms. The van der Waals surface area contributed by atoms with E-state index in [0.29, 0.717) is 12.0 Å². The van der Waals surface area contributed by atoms with Crippen LogP contribution >= 0.6 is 0 Å². The van der Waals surface area contributed by atoms with Crippen LogP contribution < -0.4 is 5.32 Å². The van der Waals surface area contributed by atoms with Gasteiger partial charge in [0.2, 0.25) is 5.91 Å². The number of nitrogens with one attached hydrogen (secondary N) is 1. The second-order valence-corrected chi connectivity index (χ2v) is 5.65. The van der Waals surface area contributed by atoms with Gasteiger partial charge >= 0.3 is 0 Å². The summed E-state index contributed by atoms with van der Waals surface area (Å²) in [4.78, 5) is 11.9. The van der Waals surface area contributed by atoms with Crippen LogP contribution in [-0.2, 0) is 11.2 Å². The maximum atomic E-state index is 13.1. The summed E-state index contributed by atoms with van der Waals surface area (Å²) in [6, 6.07) is 3.72. The molecule has 1 saturated carbocycles. The van der Waals surface area contributed by atoms with Crippen LogP contribution in [0, 0.1) is 17.6 Å². The van der Waals surface area contributed by atoms with Crippen molar-refractivity contribution in [3.05, 3.63) is 35.4 Å². The monoisotopic (exact) mass is 297 g/mol. The minimum atomic E-state index is -0.888. The third kappa shape index (κ3) is 4.49. The summed E-state index contributed by atoms with van der Waals surface area (Å²) < 4.78 is 25.9. The fraction of sp³-hybridized carbons (Fsp3) is 0.562. The summed E-state index contributed by atoms with van der Waals surface area (Å²) in [5, 5.41) is 12.3.